The van der Waals surface area contributed by atoms with Gasteiger partial charge in [-0.05, 0) is 44.0 Å². The SMILES string of the molecule is C/C(=C/c1ccco1)C1CCNC1. The van der Waals surface area contributed by atoms with Crippen molar-refractivity contribution in [1.82, 2.24) is 5.32 Å². The summed E-state index contributed by atoms with van der Waals surface area (Å²) in [5, 5.41) is 3.36. The van der Waals surface area contributed by atoms with Crippen LogP contribution >= 0.6 is 0 Å². The van der Waals surface area contributed by atoms with Gasteiger partial charge in [0.05, 0.1) is 6.26 Å². The Morgan fingerprint density at radius 1 is 1.69 bits per heavy atom. The lowest BCUT2D eigenvalue weighted by Crippen LogP contribution is -2.09. The predicted molar refractivity (Wildman–Crippen MR) is 53.3 cm³/mol. The summed E-state index contributed by atoms with van der Waals surface area (Å²) in [6.45, 7) is 4.44. The highest BCUT2D eigenvalue weighted by molar-refractivity contribution is 5.47. The molecule has 0 radical (unpaired) electrons. The average molecular weight is 177 g/mol. The van der Waals surface area contributed by atoms with E-state index in [0.29, 0.717) is 5.92 Å². The van der Waals surface area contributed by atoms with Gasteiger partial charge in [-0.1, -0.05) is 5.57 Å². The first kappa shape index (κ1) is 8.57. The Bertz CT molecular complexity index is 281. The second kappa shape index (κ2) is 3.79. The Balaban J connectivity index is 2.07. The maximum Gasteiger partial charge on any atom is 0.126 e. The summed E-state index contributed by atoms with van der Waals surface area (Å²) in [4.78, 5) is 0. The smallest absolute Gasteiger partial charge is 0.126 e. The van der Waals surface area contributed by atoms with E-state index in [1.165, 1.54) is 12.0 Å². The third-order valence-electron chi connectivity index (χ3n) is 2.62. The predicted octanol–water partition coefficient (Wildman–Crippen LogP) is 2.29. The Morgan fingerprint density at radius 3 is 3.23 bits per heavy atom. The fraction of sp³-hybridized carbons (Fsp3) is 0.455. The molecular formula is C11H15NO. The highest BCUT2D eigenvalue weighted by atomic mass is 16.3. The summed E-state index contributed by atoms with van der Waals surface area (Å²) in [7, 11) is 0. The summed E-state index contributed by atoms with van der Waals surface area (Å²) in [6.07, 6.45) is 5.10. The molecule has 1 aliphatic heterocycles. The Morgan fingerprint density at radius 2 is 2.62 bits per heavy atom. The molecule has 2 rings (SSSR count). The minimum Gasteiger partial charge on any atom is -0.465 e. The molecule has 0 aromatic carbocycles. The van der Waals surface area contributed by atoms with Gasteiger partial charge in [0.1, 0.15) is 5.76 Å². The largest absolute Gasteiger partial charge is 0.465 e. The minimum atomic E-state index is 0.699. The van der Waals surface area contributed by atoms with Gasteiger partial charge in [0, 0.05) is 6.54 Å². The molecule has 0 spiro atoms. The van der Waals surface area contributed by atoms with Gasteiger partial charge >= 0.3 is 0 Å². The number of rotatable bonds is 2. The maximum atomic E-state index is 5.27. The molecule has 1 unspecified atom stereocenters. The zero-order chi connectivity index (χ0) is 9.10. The van der Waals surface area contributed by atoms with Crippen LogP contribution in [0, 0.1) is 5.92 Å². The van der Waals surface area contributed by atoms with E-state index in [0.717, 1.165) is 18.8 Å². The third-order valence-corrected chi connectivity index (χ3v) is 2.62. The van der Waals surface area contributed by atoms with Gasteiger partial charge in [-0.3, -0.25) is 0 Å². The van der Waals surface area contributed by atoms with Crippen molar-refractivity contribution >= 4 is 6.08 Å². The quantitative estimate of drug-likeness (QED) is 0.749. The van der Waals surface area contributed by atoms with Crippen molar-refractivity contribution in [3.63, 3.8) is 0 Å². The molecule has 0 bridgehead atoms. The van der Waals surface area contributed by atoms with E-state index >= 15 is 0 Å². The first-order chi connectivity index (χ1) is 6.36. The molecule has 0 saturated carbocycles. The normalized spacial score (nSPS) is 23.8. The van der Waals surface area contributed by atoms with E-state index in [1.807, 2.05) is 12.1 Å². The van der Waals surface area contributed by atoms with Crippen molar-refractivity contribution in [2.24, 2.45) is 5.92 Å². The van der Waals surface area contributed by atoms with Crippen molar-refractivity contribution in [3.05, 3.63) is 29.7 Å². The van der Waals surface area contributed by atoms with Crippen LogP contribution in [0.1, 0.15) is 19.1 Å². The van der Waals surface area contributed by atoms with Crippen LogP contribution in [0.15, 0.2) is 28.4 Å². The molecule has 0 amide bonds. The van der Waals surface area contributed by atoms with Gasteiger partial charge in [-0.25, -0.2) is 0 Å². The van der Waals surface area contributed by atoms with Crippen molar-refractivity contribution in [2.45, 2.75) is 13.3 Å². The van der Waals surface area contributed by atoms with Crippen LogP contribution in [0.25, 0.3) is 6.08 Å². The molecule has 2 heterocycles. The number of furan rings is 1. The molecule has 70 valence electrons. The second-order valence-electron chi connectivity index (χ2n) is 3.59. The molecule has 13 heavy (non-hydrogen) atoms. The first-order valence-corrected chi connectivity index (χ1v) is 4.78. The monoisotopic (exact) mass is 177 g/mol. The molecule has 1 N–H and O–H groups in total. The standard InChI is InChI=1S/C11H15NO/c1-9(10-4-5-12-8-10)7-11-3-2-6-13-11/h2-3,6-7,10,12H,4-5,8H2,1H3/b9-7-. The molecule has 2 nitrogen and oxygen atoms in total. The summed E-state index contributed by atoms with van der Waals surface area (Å²) >= 11 is 0. The lowest BCUT2D eigenvalue weighted by molar-refractivity contribution is 0.555. The van der Waals surface area contributed by atoms with E-state index < -0.39 is 0 Å². The van der Waals surface area contributed by atoms with E-state index in [4.69, 9.17) is 4.42 Å². The molecule has 1 saturated heterocycles. The highest BCUT2D eigenvalue weighted by Crippen LogP contribution is 2.20. The van der Waals surface area contributed by atoms with Crippen molar-refractivity contribution in [3.8, 4) is 0 Å². The van der Waals surface area contributed by atoms with Gasteiger partial charge in [-0.2, -0.15) is 0 Å². The lowest BCUT2D eigenvalue weighted by Gasteiger charge is -2.07. The molecule has 2 heteroatoms. The Kier molecular flexibility index (Phi) is 2.50. The van der Waals surface area contributed by atoms with Gasteiger partial charge < -0.3 is 9.73 Å². The second-order valence-corrected chi connectivity index (χ2v) is 3.59. The number of hydrogen-bond donors (Lipinski definition) is 1. The van der Waals surface area contributed by atoms with E-state index in [1.54, 1.807) is 6.26 Å². The van der Waals surface area contributed by atoms with Crippen LogP contribution in [-0.4, -0.2) is 13.1 Å². The maximum absolute atomic E-state index is 5.27. The number of hydrogen-bond acceptors (Lipinski definition) is 2. The molecule has 1 aromatic heterocycles. The summed E-state index contributed by atoms with van der Waals surface area (Å²) < 4.78 is 5.27. The average Bonchev–Trinajstić information content (AvgIpc) is 2.74. The number of nitrogens with one attached hydrogen (secondary N) is 1. The zero-order valence-corrected chi connectivity index (χ0v) is 7.92. The van der Waals surface area contributed by atoms with Crippen LogP contribution in [0.5, 0.6) is 0 Å². The van der Waals surface area contributed by atoms with E-state index in [-0.39, 0.29) is 0 Å². The summed E-state index contributed by atoms with van der Waals surface area (Å²) in [5.74, 6) is 1.66. The first-order valence-electron chi connectivity index (χ1n) is 4.78. The molecule has 1 atom stereocenters. The van der Waals surface area contributed by atoms with Gasteiger partial charge in [0.2, 0.25) is 0 Å². The van der Waals surface area contributed by atoms with Crippen LogP contribution in [-0.2, 0) is 0 Å². The third kappa shape index (κ3) is 2.01. The van der Waals surface area contributed by atoms with Crippen LogP contribution < -0.4 is 5.32 Å². The molecular weight excluding hydrogens is 162 g/mol. The molecule has 1 aliphatic rings. The highest BCUT2D eigenvalue weighted by Gasteiger charge is 2.15. The Hall–Kier alpha value is -1.02. The van der Waals surface area contributed by atoms with Crippen LogP contribution in [0.2, 0.25) is 0 Å². The fourth-order valence-electron chi connectivity index (χ4n) is 1.76. The van der Waals surface area contributed by atoms with Crippen LogP contribution in [0.4, 0.5) is 0 Å². The van der Waals surface area contributed by atoms with Crippen molar-refractivity contribution in [1.29, 1.82) is 0 Å². The topological polar surface area (TPSA) is 25.2 Å². The van der Waals surface area contributed by atoms with E-state index in [2.05, 4.69) is 18.3 Å². The summed E-state index contributed by atoms with van der Waals surface area (Å²) in [5.41, 5.74) is 1.42. The van der Waals surface area contributed by atoms with Crippen molar-refractivity contribution in [2.75, 3.05) is 13.1 Å². The van der Waals surface area contributed by atoms with Gasteiger partial charge in [-0.15, -0.1) is 0 Å². The van der Waals surface area contributed by atoms with E-state index in [9.17, 15) is 0 Å². The van der Waals surface area contributed by atoms with Gasteiger partial charge in [0.15, 0.2) is 0 Å². The molecule has 1 fully saturated rings. The Labute approximate surface area is 78.6 Å². The lowest BCUT2D eigenvalue weighted by atomic mass is 9.99. The van der Waals surface area contributed by atoms with Crippen LogP contribution in [0.3, 0.4) is 0 Å². The fourth-order valence-corrected chi connectivity index (χ4v) is 1.76. The van der Waals surface area contributed by atoms with Crippen molar-refractivity contribution < 1.29 is 4.42 Å². The zero-order valence-electron chi connectivity index (χ0n) is 7.92. The minimum absolute atomic E-state index is 0.699. The molecule has 0 aliphatic carbocycles. The molecule has 1 aromatic rings. The summed E-state index contributed by atoms with van der Waals surface area (Å²) in [6, 6.07) is 3.91. The van der Waals surface area contributed by atoms with Gasteiger partial charge in [0.25, 0.3) is 0 Å².